The Morgan fingerprint density at radius 3 is 2.73 bits per heavy atom. The first kappa shape index (κ1) is 8.27. The van der Waals surface area contributed by atoms with E-state index in [1.165, 1.54) is 0 Å². The van der Waals surface area contributed by atoms with Crippen molar-refractivity contribution in [1.82, 2.24) is 0 Å². The van der Waals surface area contributed by atoms with Gasteiger partial charge in [0.05, 0.1) is 0 Å². The molecule has 0 atom stereocenters. The first-order chi connectivity index (χ1) is 5.15. The van der Waals surface area contributed by atoms with Crippen LogP contribution in [0.5, 0.6) is 0 Å². The highest BCUT2D eigenvalue weighted by molar-refractivity contribution is 9.10. The molecule has 2 nitrogen and oxygen atoms in total. The van der Waals surface area contributed by atoms with E-state index < -0.39 is 0 Å². The van der Waals surface area contributed by atoms with Crippen LogP contribution in [0, 0.1) is 6.92 Å². The van der Waals surface area contributed by atoms with E-state index in [1.54, 1.807) is 12.1 Å². The Hall–Kier alpha value is -0.830. The third-order valence-electron chi connectivity index (χ3n) is 1.49. The minimum absolute atomic E-state index is 0.512. The van der Waals surface area contributed by atoms with Crippen molar-refractivity contribution in [1.29, 1.82) is 0 Å². The number of hydrogen-bond acceptors (Lipinski definition) is 2. The van der Waals surface area contributed by atoms with Crippen LogP contribution < -0.4 is 5.73 Å². The summed E-state index contributed by atoms with van der Waals surface area (Å²) in [6.07, 6.45) is 0.759. The number of carbonyl (C=O) groups excluding carboxylic acids is 1. The summed E-state index contributed by atoms with van der Waals surface area (Å²) in [6.45, 7) is 1.91. The van der Waals surface area contributed by atoms with Gasteiger partial charge in [0.2, 0.25) is 0 Å². The third-order valence-corrected chi connectivity index (χ3v) is 2.35. The fourth-order valence-corrected chi connectivity index (χ4v) is 1.18. The lowest BCUT2D eigenvalue weighted by Crippen LogP contribution is -1.93. The molecule has 58 valence electrons. The maximum Gasteiger partial charge on any atom is 0.152 e. The van der Waals surface area contributed by atoms with Crippen molar-refractivity contribution in [2.75, 3.05) is 5.73 Å². The van der Waals surface area contributed by atoms with Crippen LogP contribution in [0.2, 0.25) is 0 Å². The SMILES string of the molecule is Cc1cc(C=O)c(N)cc1Br. The van der Waals surface area contributed by atoms with Crippen molar-refractivity contribution in [2.45, 2.75) is 6.92 Å². The average Bonchev–Trinajstić information content (AvgIpc) is 1.97. The summed E-state index contributed by atoms with van der Waals surface area (Å²) < 4.78 is 0.931. The number of carbonyl (C=O) groups is 1. The highest BCUT2D eigenvalue weighted by Gasteiger charge is 2.00. The van der Waals surface area contributed by atoms with Crippen LogP contribution in [0.3, 0.4) is 0 Å². The summed E-state index contributed by atoms with van der Waals surface area (Å²) in [6, 6.07) is 3.49. The molecule has 0 radical (unpaired) electrons. The fraction of sp³-hybridized carbons (Fsp3) is 0.125. The lowest BCUT2D eigenvalue weighted by molar-refractivity contribution is 0.112. The van der Waals surface area contributed by atoms with Gasteiger partial charge in [0.25, 0.3) is 0 Å². The Morgan fingerprint density at radius 1 is 1.55 bits per heavy atom. The molecule has 3 heteroatoms. The van der Waals surface area contributed by atoms with Gasteiger partial charge in [-0.3, -0.25) is 4.79 Å². The van der Waals surface area contributed by atoms with Crippen LogP contribution in [0.4, 0.5) is 5.69 Å². The second-order valence-corrected chi connectivity index (χ2v) is 3.20. The molecule has 0 fully saturated rings. The van der Waals surface area contributed by atoms with Crippen LogP contribution in [0.25, 0.3) is 0 Å². The van der Waals surface area contributed by atoms with Gasteiger partial charge in [0.15, 0.2) is 6.29 Å². The first-order valence-corrected chi connectivity index (χ1v) is 3.95. The average molecular weight is 214 g/mol. The zero-order valence-corrected chi connectivity index (χ0v) is 7.68. The standard InChI is InChI=1S/C8H8BrNO/c1-5-2-6(4-11)8(10)3-7(5)9/h2-4H,10H2,1H3. The van der Waals surface area contributed by atoms with E-state index in [9.17, 15) is 4.79 Å². The molecule has 0 aromatic heterocycles. The van der Waals surface area contributed by atoms with Gasteiger partial charge < -0.3 is 5.73 Å². The molecule has 0 heterocycles. The highest BCUT2D eigenvalue weighted by atomic mass is 79.9. The molecule has 0 saturated heterocycles. The molecule has 0 aliphatic rings. The second-order valence-electron chi connectivity index (χ2n) is 2.35. The largest absolute Gasteiger partial charge is 0.398 e. The number of nitrogen functional groups attached to an aromatic ring is 1. The summed E-state index contributed by atoms with van der Waals surface area (Å²) in [5.41, 5.74) is 7.61. The number of rotatable bonds is 1. The van der Waals surface area contributed by atoms with Crippen molar-refractivity contribution >= 4 is 27.9 Å². The molecule has 1 rings (SSSR count). The normalized spacial score (nSPS) is 9.64. The minimum Gasteiger partial charge on any atom is -0.398 e. The van der Waals surface area contributed by atoms with Gasteiger partial charge in [-0.25, -0.2) is 0 Å². The summed E-state index contributed by atoms with van der Waals surface area (Å²) >= 11 is 3.31. The van der Waals surface area contributed by atoms with E-state index in [4.69, 9.17) is 5.73 Å². The van der Waals surface area contributed by atoms with Crippen molar-refractivity contribution < 1.29 is 4.79 Å². The Labute approximate surface area is 73.5 Å². The van der Waals surface area contributed by atoms with Crippen LogP contribution in [-0.4, -0.2) is 6.29 Å². The van der Waals surface area contributed by atoms with Crippen LogP contribution in [0.15, 0.2) is 16.6 Å². The quantitative estimate of drug-likeness (QED) is 0.574. The smallest absolute Gasteiger partial charge is 0.152 e. The molecule has 1 aromatic carbocycles. The first-order valence-electron chi connectivity index (χ1n) is 3.16. The molecule has 0 aliphatic carbocycles. The topological polar surface area (TPSA) is 43.1 Å². The van der Waals surface area contributed by atoms with Gasteiger partial charge in [-0.1, -0.05) is 15.9 Å². The van der Waals surface area contributed by atoms with Crippen molar-refractivity contribution in [3.63, 3.8) is 0 Å². The molecule has 11 heavy (non-hydrogen) atoms. The second kappa shape index (κ2) is 3.05. The summed E-state index contributed by atoms with van der Waals surface area (Å²) in [5.74, 6) is 0. The van der Waals surface area contributed by atoms with E-state index >= 15 is 0 Å². The predicted octanol–water partition coefficient (Wildman–Crippen LogP) is 2.15. The monoisotopic (exact) mass is 213 g/mol. The number of nitrogens with two attached hydrogens (primary N) is 1. The Bertz CT molecular complexity index is 296. The van der Waals surface area contributed by atoms with Gasteiger partial charge in [-0.2, -0.15) is 0 Å². The maximum absolute atomic E-state index is 10.4. The van der Waals surface area contributed by atoms with E-state index in [-0.39, 0.29) is 0 Å². The third kappa shape index (κ3) is 1.60. The maximum atomic E-state index is 10.4. The Kier molecular flexibility index (Phi) is 2.29. The van der Waals surface area contributed by atoms with Gasteiger partial charge in [-0.05, 0) is 24.6 Å². The number of anilines is 1. The summed E-state index contributed by atoms with van der Waals surface area (Å²) in [4.78, 5) is 10.4. The van der Waals surface area contributed by atoms with Crippen LogP contribution in [-0.2, 0) is 0 Å². The molecule has 0 amide bonds. The van der Waals surface area contributed by atoms with Gasteiger partial charge in [0.1, 0.15) is 0 Å². The lowest BCUT2D eigenvalue weighted by atomic mass is 10.1. The van der Waals surface area contributed by atoms with Gasteiger partial charge in [0, 0.05) is 15.7 Å². The predicted molar refractivity (Wildman–Crippen MR) is 48.7 cm³/mol. The van der Waals surface area contributed by atoms with Crippen molar-refractivity contribution in [3.05, 3.63) is 27.7 Å². The van der Waals surface area contributed by atoms with Crippen LogP contribution >= 0.6 is 15.9 Å². The van der Waals surface area contributed by atoms with E-state index in [0.29, 0.717) is 11.3 Å². The van der Waals surface area contributed by atoms with Crippen LogP contribution in [0.1, 0.15) is 15.9 Å². The lowest BCUT2D eigenvalue weighted by Gasteiger charge is -2.01. The molecular weight excluding hydrogens is 206 g/mol. The zero-order chi connectivity index (χ0) is 8.43. The molecule has 0 aliphatic heterocycles. The number of aryl methyl sites for hydroxylation is 1. The summed E-state index contributed by atoms with van der Waals surface area (Å²) in [7, 11) is 0. The highest BCUT2D eigenvalue weighted by Crippen LogP contribution is 2.21. The summed E-state index contributed by atoms with van der Waals surface area (Å²) in [5, 5.41) is 0. The zero-order valence-electron chi connectivity index (χ0n) is 6.10. The number of aldehydes is 1. The number of benzene rings is 1. The molecule has 0 spiro atoms. The van der Waals surface area contributed by atoms with Crippen molar-refractivity contribution in [2.24, 2.45) is 0 Å². The van der Waals surface area contributed by atoms with E-state index in [0.717, 1.165) is 16.3 Å². The fourth-order valence-electron chi connectivity index (χ4n) is 0.821. The molecule has 0 saturated carbocycles. The Balaban J connectivity index is 3.31. The number of hydrogen-bond donors (Lipinski definition) is 1. The molecule has 0 unspecified atom stereocenters. The molecule has 0 bridgehead atoms. The number of halogens is 1. The molecule has 1 aromatic rings. The molecular formula is C8H8BrNO. The Morgan fingerprint density at radius 2 is 2.18 bits per heavy atom. The minimum atomic E-state index is 0.512. The van der Waals surface area contributed by atoms with Gasteiger partial charge >= 0.3 is 0 Å². The van der Waals surface area contributed by atoms with Crippen molar-refractivity contribution in [3.8, 4) is 0 Å². The van der Waals surface area contributed by atoms with E-state index in [1.807, 2.05) is 6.92 Å². The van der Waals surface area contributed by atoms with Gasteiger partial charge in [-0.15, -0.1) is 0 Å². The van der Waals surface area contributed by atoms with E-state index in [2.05, 4.69) is 15.9 Å². The molecule has 2 N–H and O–H groups in total.